The van der Waals surface area contributed by atoms with Crippen LogP contribution in [0.2, 0.25) is 0 Å². The third-order valence-electron chi connectivity index (χ3n) is 7.15. The Kier molecular flexibility index (Phi) is 7.37. The van der Waals surface area contributed by atoms with Gasteiger partial charge in [-0.3, -0.25) is 4.79 Å². The SMILES string of the molecule is COc1ccc(/C=C2\CCCC3C2=NN(C(=O)c2scnc2C)C3c2ccc(OC)c(OC)c2)cc1OC. The van der Waals surface area contributed by atoms with E-state index in [0.29, 0.717) is 33.6 Å². The van der Waals surface area contributed by atoms with E-state index in [1.54, 1.807) is 39.0 Å². The van der Waals surface area contributed by atoms with Crippen molar-refractivity contribution in [2.24, 2.45) is 11.0 Å². The number of aromatic nitrogens is 1. The van der Waals surface area contributed by atoms with Gasteiger partial charge in [0, 0.05) is 5.92 Å². The van der Waals surface area contributed by atoms with Crippen LogP contribution in [0.15, 0.2) is 52.6 Å². The zero-order valence-electron chi connectivity index (χ0n) is 22.2. The molecule has 198 valence electrons. The van der Waals surface area contributed by atoms with Crippen LogP contribution in [0.3, 0.4) is 0 Å². The van der Waals surface area contributed by atoms with E-state index in [1.807, 2.05) is 43.3 Å². The van der Waals surface area contributed by atoms with E-state index >= 15 is 0 Å². The van der Waals surface area contributed by atoms with Crippen LogP contribution in [0.25, 0.3) is 6.08 Å². The Hall–Kier alpha value is -3.85. The van der Waals surface area contributed by atoms with E-state index in [-0.39, 0.29) is 17.9 Å². The minimum absolute atomic E-state index is 0.0467. The van der Waals surface area contributed by atoms with Crippen molar-refractivity contribution in [3.05, 3.63) is 69.2 Å². The number of fused-ring (bicyclic) bond motifs is 1. The van der Waals surface area contributed by atoms with Gasteiger partial charge in [0.25, 0.3) is 5.91 Å². The predicted molar refractivity (Wildman–Crippen MR) is 148 cm³/mol. The van der Waals surface area contributed by atoms with Gasteiger partial charge in [0.15, 0.2) is 23.0 Å². The first-order chi connectivity index (χ1) is 18.5. The van der Waals surface area contributed by atoms with Gasteiger partial charge in [-0.15, -0.1) is 11.3 Å². The fourth-order valence-electron chi connectivity index (χ4n) is 5.29. The average Bonchev–Trinajstić information content (AvgIpc) is 3.56. The Bertz CT molecular complexity index is 1410. The van der Waals surface area contributed by atoms with Gasteiger partial charge in [0.1, 0.15) is 4.88 Å². The van der Waals surface area contributed by atoms with Crippen molar-refractivity contribution in [1.29, 1.82) is 0 Å². The number of thiazole rings is 1. The number of hydrazone groups is 1. The number of rotatable bonds is 7. The topological polar surface area (TPSA) is 82.5 Å². The molecule has 0 bridgehead atoms. The van der Waals surface area contributed by atoms with Gasteiger partial charge in [-0.1, -0.05) is 12.1 Å². The molecular weight excluding hydrogens is 502 g/mol. The average molecular weight is 534 g/mol. The molecule has 1 amide bonds. The molecule has 2 atom stereocenters. The van der Waals surface area contributed by atoms with E-state index in [1.165, 1.54) is 11.3 Å². The van der Waals surface area contributed by atoms with E-state index in [0.717, 1.165) is 41.7 Å². The van der Waals surface area contributed by atoms with Gasteiger partial charge in [-0.2, -0.15) is 5.10 Å². The smallest absolute Gasteiger partial charge is 0.286 e. The molecule has 0 N–H and O–H groups in total. The van der Waals surface area contributed by atoms with Crippen LogP contribution < -0.4 is 18.9 Å². The highest BCUT2D eigenvalue weighted by molar-refractivity contribution is 7.11. The fourth-order valence-corrected chi connectivity index (χ4v) is 6.03. The minimum Gasteiger partial charge on any atom is -0.493 e. The van der Waals surface area contributed by atoms with Gasteiger partial charge in [-0.05, 0) is 73.2 Å². The van der Waals surface area contributed by atoms with Crippen molar-refractivity contribution in [3.8, 4) is 23.0 Å². The standard InChI is InChI=1S/C29H31N3O5S/c1-17-28(38-16-30-17)29(33)32-27(20-10-12-23(35-3)25(15-20)37-5)21-8-6-7-19(26(21)31-32)13-18-9-11-22(34-2)24(14-18)36-4/h9-16,21,27H,6-8H2,1-5H3/b19-13+. The zero-order valence-corrected chi connectivity index (χ0v) is 23.0. The maximum absolute atomic E-state index is 13.8. The number of amides is 1. The minimum atomic E-state index is -0.270. The lowest BCUT2D eigenvalue weighted by Crippen LogP contribution is -2.31. The molecule has 1 saturated carbocycles. The number of methoxy groups -OCH3 is 4. The quantitative estimate of drug-likeness (QED) is 0.375. The van der Waals surface area contributed by atoms with E-state index < -0.39 is 0 Å². The Morgan fingerprint density at radius 2 is 1.66 bits per heavy atom. The number of benzene rings is 2. The second-order valence-electron chi connectivity index (χ2n) is 9.24. The van der Waals surface area contributed by atoms with Crippen molar-refractivity contribution in [2.45, 2.75) is 32.2 Å². The number of nitrogens with zero attached hydrogens (tertiary/aromatic N) is 3. The first kappa shape index (κ1) is 25.8. The lowest BCUT2D eigenvalue weighted by atomic mass is 9.77. The van der Waals surface area contributed by atoms with Crippen LogP contribution >= 0.6 is 11.3 Å². The molecule has 1 fully saturated rings. The van der Waals surface area contributed by atoms with Crippen molar-refractivity contribution < 1.29 is 23.7 Å². The number of carbonyl (C=O) groups excluding carboxylic acids is 1. The predicted octanol–water partition coefficient (Wildman–Crippen LogP) is 5.92. The molecule has 38 heavy (non-hydrogen) atoms. The molecule has 5 rings (SSSR count). The summed E-state index contributed by atoms with van der Waals surface area (Å²) in [4.78, 5) is 18.7. The number of ether oxygens (including phenoxy) is 4. The van der Waals surface area contributed by atoms with Crippen molar-refractivity contribution in [1.82, 2.24) is 9.99 Å². The van der Waals surface area contributed by atoms with E-state index in [2.05, 4.69) is 11.1 Å². The molecule has 2 aromatic carbocycles. The molecule has 2 heterocycles. The summed E-state index contributed by atoms with van der Waals surface area (Å²) >= 11 is 1.34. The largest absolute Gasteiger partial charge is 0.493 e. The van der Waals surface area contributed by atoms with Crippen LogP contribution in [0.1, 0.15) is 51.8 Å². The fraction of sp³-hybridized carbons (Fsp3) is 0.345. The highest BCUT2D eigenvalue weighted by Gasteiger charge is 2.44. The first-order valence-corrected chi connectivity index (χ1v) is 13.3. The monoisotopic (exact) mass is 533 g/mol. The highest BCUT2D eigenvalue weighted by Crippen LogP contribution is 2.46. The van der Waals surface area contributed by atoms with E-state index in [4.69, 9.17) is 24.0 Å². The molecular formula is C29H31N3O5S. The molecule has 0 radical (unpaired) electrons. The third kappa shape index (κ3) is 4.62. The maximum atomic E-state index is 13.8. The van der Waals surface area contributed by atoms with Crippen LogP contribution in [-0.4, -0.2) is 50.1 Å². The molecule has 1 aliphatic carbocycles. The third-order valence-corrected chi connectivity index (χ3v) is 8.06. The summed E-state index contributed by atoms with van der Waals surface area (Å²) in [5.41, 5.74) is 6.42. The summed E-state index contributed by atoms with van der Waals surface area (Å²) in [6, 6.07) is 11.4. The van der Waals surface area contributed by atoms with Crippen molar-refractivity contribution in [2.75, 3.05) is 28.4 Å². The van der Waals surface area contributed by atoms with Crippen LogP contribution in [0, 0.1) is 12.8 Å². The number of allylic oxidation sites excluding steroid dienone is 1. The normalized spacial score (nSPS) is 19.7. The summed E-state index contributed by atoms with van der Waals surface area (Å²) < 4.78 is 22.0. The summed E-state index contributed by atoms with van der Waals surface area (Å²) in [5, 5.41) is 6.65. The summed E-state index contributed by atoms with van der Waals surface area (Å²) in [5.74, 6) is 2.52. The molecule has 8 nitrogen and oxygen atoms in total. The van der Waals surface area contributed by atoms with Gasteiger partial charge in [-0.25, -0.2) is 9.99 Å². The second kappa shape index (κ2) is 10.9. The van der Waals surface area contributed by atoms with Crippen LogP contribution in [0.4, 0.5) is 0 Å². The summed E-state index contributed by atoms with van der Waals surface area (Å²) in [6.45, 7) is 1.85. The van der Waals surface area contributed by atoms with Gasteiger partial charge in [0.2, 0.25) is 0 Å². The van der Waals surface area contributed by atoms with Gasteiger partial charge >= 0.3 is 0 Å². The molecule has 0 spiro atoms. The second-order valence-corrected chi connectivity index (χ2v) is 10.1. The van der Waals surface area contributed by atoms with E-state index in [9.17, 15) is 4.79 Å². The lowest BCUT2D eigenvalue weighted by molar-refractivity contribution is 0.0684. The summed E-state index contributed by atoms with van der Waals surface area (Å²) in [7, 11) is 6.49. The maximum Gasteiger partial charge on any atom is 0.286 e. The Balaban J connectivity index is 1.59. The van der Waals surface area contributed by atoms with Gasteiger partial charge < -0.3 is 18.9 Å². The molecule has 1 aromatic heterocycles. The van der Waals surface area contributed by atoms with Crippen molar-refractivity contribution in [3.63, 3.8) is 0 Å². The highest BCUT2D eigenvalue weighted by atomic mass is 32.1. The Morgan fingerprint density at radius 1 is 0.974 bits per heavy atom. The number of hydrogen-bond acceptors (Lipinski definition) is 8. The van der Waals surface area contributed by atoms with Gasteiger partial charge in [0.05, 0.1) is 51.4 Å². The zero-order chi connectivity index (χ0) is 26.8. The Morgan fingerprint density at radius 3 is 2.32 bits per heavy atom. The number of hydrogen-bond donors (Lipinski definition) is 0. The first-order valence-electron chi connectivity index (χ1n) is 12.5. The molecule has 3 aromatic rings. The van der Waals surface area contributed by atoms with Crippen LogP contribution in [-0.2, 0) is 0 Å². The number of aryl methyl sites for hydroxylation is 1. The molecule has 2 unspecified atom stereocenters. The summed E-state index contributed by atoms with van der Waals surface area (Å²) in [6.07, 6.45) is 4.94. The van der Waals surface area contributed by atoms with Crippen molar-refractivity contribution >= 4 is 29.0 Å². The molecule has 9 heteroatoms. The molecule has 1 aliphatic heterocycles. The molecule has 0 saturated heterocycles. The molecule has 2 aliphatic rings. The Labute approximate surface area is 226 Å². The van der Waals surface area contributed by atoms with Crippen LogP contribution in [0.5, 0.6) is 23.0 Å². The number of carbonyl (C=O) groups is 1. The lowest BCUT2D eigenvalue weighted by Gasteiger charge is -2.30.